The van der Waals surface area contributed by atoms with Crippen molar-refractivity contribution in [1.29, 1.82) is 0 Å². The normalized spacial score (nSPS) is 16.8. The summed E-state index contributed by atoms with van der Waals surface area (Å²) in [5, 5.41) is 4.72. The molecular formula is C16H24Cl2N2. The van der Waals surface area contributed by atoms with Gasteiger partial charge in [-0.15, -0.1) is 0 Å². The number of halogens is 2. The predicted octanol–water partition coefficient (Wildman–Crippen LogP) is 4.21. The molecule has 0 bridgehead atoms. The standard InChI is InChI=1S/C16H24Cl2N2/c1-2-9-20(11-13-5-7-19-8-6-13)12-14-3-4-15(17)16(18)10-14/h3-4,10,13,19H,2,5-9,11-12H2,1H3. The summed E-state index contributed by atoms with van der Waals surface area (Å²) in [6, 6.07) is 5.97. The van der Waals surface area contributed by atoms with E-state index in [1.807, 2.05) is 12.1 Å². The summed E-state index contributed by atoms with van der Waals surface area (Å²) in [5.74, 6) is 0.825. The summed E-state index contributed by atoms with van der Waals surface area (Å²) >= 11 is 12.1. The van der Waals surface area contributed by atoms with Gasteiger partial charge in [0.1, 0.15) is 0 Å². The van der Waals surface area contributed by atoms with Crippen LogP contribution in [0.3, 0.4) is 0 Å². The molecule has 0 unspecified atom stereocenters. The largest absolute Gasteiger partial charge is 0.317 e. The Morgan fingerprint density at radius 1 is 1.20 bits per heavy atom. The molecule has 0 radical (unpaired) electrons. The number of benzene rings is 1. The highest BCUT2D eigenvalue weighted by molar-refractivity contribution is 6.42. The Morgan fingerprint density at radius 3 is 2.60 bits per heavy atom. The zero-order valence-corrected chi connectivity index (χ0v) is 13.7. The Labute approximate surface area is 132 Å². The third-order valence-corrected chi connectivity index (χ3v) is 4.64. The van der Waals surface area contributed by atoms with Gasteiger partial charge in [-0.3, -0.25) is 4.90 Å². The maximum absolute atomic E-state index is 6.11. The lowest BCUT2D eigenvalue weighted by molar-refractivity contribution is 0.199. The molecule has 1 saturated heterocycles. The van der Waals surface area contributed by atoms with Gasteiger partial charge in [0.05, 0.1) is 10.0 Å². The Balaban J connectivity index is 1.94. The monoisotopic (exact) mass is 314 g/mol. The molecule has 1 aliphatic heterocycles. The van der Waals surface area contributed by atoms with E-state index in [2.05, 4.69) is 23.2 Å². The van der Waals surface area contributed by atoms with Gasteiger partial charge in [-0.05, 0) is 62.5 Å². The van der Waals surface area contributed by atoms with Crippen molar-refractivity contribution >= 4 is 23.2 Å². The topological polar surface area (TPSA) is 15.3 Å². The second-order valence-corrected chi connectivity index (χ2v) is 6.49. The highest BCUT2D eigenvalue weighted by Gasteiger charge is 2.17. The summed E-state index contributed by atoms with van der Waals surface area (Å²) in [6.45, 7) is 7.87. The molecule has 2 rings (SSSR count). The van der Waals surface area contributed by atoms with E-state index in [1.165, 1.54) is 31.4 Å². The molecule has 0 amide bonds. The molecule has 112 valence electrons. The molecule has 0 saturated carbocycles. The van der Waals surface area contributed by atoms with E-state index in [9.17, 15) is 0 Å². The minimum Gasteiger partial charge on any atom is -0.317 e. The van der Waals surface area contributed by atoms with Crippen LogP contribution in [0, 0.1) is 5.92 Å². The first-order valence-corrected chi connectivity index (χ1v) is 8.31. The van der Waals surface area contributed by atoms with Gasteiger partial charge in [0.25, 0.3) is 0 Å². The second kappa shape index (κ2) is 8.23. The van der Waals surface area contributed by atoms with Gasteiger partial charge < -0.3 is 5.32 Å². The zero-order valence-electron chi connectivity index (χ0n) is 12.2. The van der Waals surface area contributed by atoms with Crippen molar-refractivity contribution in [2.24, 2.45) is 5.92 Å². The first-order chi connectivity index (χ1) is 9.69. The Bertz CT molecular complexity index is 417. The van der Waals surface area contributed by atoms with E-state index >= 15 is 0 Å². The van der Waals surface area contributed by atoms with E-state index in [0.717, 1.165) is 32.1 Å². The molecule has 1 aromatic carbocycles. The number of piperidine rings is 1. The maximum atomic E-state index is 6.11. The minimum absolute atomic E-state index is 0.635. The first kappa shape index (κ1) is 16.1. The zero-order chi connectivity index (χ0) is 14.4. The molecule has 2 nitrogen and oxygen atoms in total. The van der Waals surface area contributed by atoms with Crippen LogP contribution in [0.25, 0.3) is 0 Å². The summed E-state index contributed by atoms with van der Waals surface area (Å²) in [7, 11) is 0. The number of rotatable bonds is 6. The highest BCUT2D eigenvalue weighted by atomic mass is 35.5. The summed E-state index contributed by atoms with van der Waals surface area (Å²) in [5.41, 5.74) is 1.25. The molecule has 0 aliphatic carbocycles. The first-order valence-electron chi connectivity index (χ1n) is 7.56. The van der Waals surface area contributed by atoms with Crippen molar-refractivity contribution in [3.8, 4) is 0 Å². The molecule has 1 heterocycles. The molecule has 0 atom stereocenters. The third kappa shape index (κ3) is 4.92. The van der Waals surface area contributed by atoms with Crippen LogP contribution in [0.4, 0.5) is 0 Å². The molecule has 0 aromatic heterocycles. The van der Waals surface area contributed by atoms with E-state index in [-0.39, 0.29) is 0 Å². The maximum Gasteiger partial charge on any atom is 0.0595 e. The van der Waals surface area contributed by atoms with Crippen molar-refractivity contribution in [1.82, 2.24) is 10.2 Å². The van der Waals surface area contributed by atoms with Crippen molar-refractivity contribution in [2.45, 2.75) is 32.7 Å². The molecular weight excluding hydrogens is 291 g/mol. The van der Waals surface area contributed by atoms with E-state index in [4.69, 9.17) is 23.2 Å². The van der Waals surface area contributed by atoms with Crippen LogP contribution in [-0.2, 0) is 6.54 Å². The molecule has 1 fully saturated rings. The van der Waals surface area contributed by atoms with Crippen LogP contribution in [0.2, 0.25) is 10.0 Å². The van der Waals surface area contributed by atoms with Crippen LogP contribution in [0.1, 0.15) is 31.7 Å². The fourth-order valence-electron chi connectivity index (χ4n) is 2.88. The van der Waals surface area contributed by atoms with Crippen molar-refractivity contribution in [3.05, 3.63) is 33.8 Å². The van der Waals surface area contributed by atoms with E-state index in [0.29, 0.717) is 10.0 Å². The van der Waals surface area contributed by atoms with Crippen LogP contribution >= 0.6 is 23.2 Å². The van der Waals surface area contributed by atoms with E-state index < -0.39 is 0 Å². The minimum atomic E-state index is 0.635. The number of hydrogen-bond donors (Lipinski definition) is 1. The van der Waals surface area contributed by atoms with E-state index in [1.54, 1.807) is 0 Å². The SMILES string of the molecule is CCCN(Cc1ccc(Cl)c(Cl)c1)CC1CCNCC1. The second-order valence-electron chi connectivity index (χ2n) is 5.68. The molecule has 0 spiro atoms. The van der Waals surface area contributed by atoms with Crippen molar-refractivity contribution in [3.63, 3.8) is 0 Å². The van der Waals surface area contributed by atoms with Gasteiger partial charge in [-0.1, -0.05) is 36.2 Å². The average molecular weight is 315 g/mol. The molecule has 1 N–H and O–H groups in total. The smallest absolute Gasteiger partial charge is 0.0595 e. The van der Waals surface area contributed by atoms with Gasteiger partial charge in [0.15, 0.2) is 0 Å². The van der Waals surface area contributed by atoms with Crippen molar-refractivity contribution < 1.29 is 0 Å². The fraction of sp³-hybridized carbons (Fsp3) is 0.625. The van der Waals surface area contributed by atoms with Gasteiger partial charge in [-0.2, -0.15) is 0 Å². The Hall–Kier alpha value is -0.280. The Kier molecular flexibility index (Phi) is 6.63. The third-order valence-electron chi connectivity index (χ3n) is 3.91. The van der Waals surface area contributed by atoms with Crippen LogP contribution < -0.4 is 5.32 Å². The number of nitrogens with zero attached hydrogens (tertiary/aromatic N) is 1. The summed E-state index contributed by atoms with van der Waals surface area (Å²) in [4.78, 5) is 2.55. The lowest BCUT2D eigenvalue weighted by Crippen LogP contribution is -2.36. The quantitative estimate of drug-likeness (QED) is 0.846. The van der Waals surface area contributed by atoms with Crippen LogP contribution in [0.15, 0.2) is 18.2 Å². The summed E-state index contributed by atoms with van der Waals surface area (Å²) < 4.78 is 0. The van der Waals surface area contributed by atoms with Gasteiger partial charge in [-0.25, -0.2) is 0 Å². The van der Waals surface area contributed by atoms with Crippen LogP contribution in [-0.4, -0.2) is 31.1 Å². The number of hydrogen-bond acceptors (Lipinski definition) is 2. The van der Waals surface area contributed by atoms with Gasteiger partial charge in [0.2, 0.25) is 0 Å². The number of nitrogens with one attached hydrogen (secondary N) is 1. The fourth-order valence-corrected chi connectivity index (χ4v) is 3.20. The lowest BCUT2D eigenvalue weighted by Gasteiger charge is -2.30. The average Bonchev–Trinajstić information content (AvgIpc) is 2.44. The van der Waals surface area contributed by atoms with Crippen molar-refractivity contribution in [2.75, 3.05) is 26.2 Å². The molecule has 1 aliphatic rings. The Morgan fingerprint density at radius 2 is 1.95 bits per heavy atom. The highest BCUT2D eigenvalue weighted by Crippen LogP contribution is 2.24. The molecule has 20 heavy (non-hydrogen) atoms. The van der Waals surface area contributed by atoms with Gasteiger partial charge >= 0.3 is 0 Å². The lowest BCUT2D eigenvalue weighted by atomic mass is 9.97. The van der Waals surface area contributed by atoms with Crippen LogP contribution in [0.5, 0.6) is 0 Å². The molecule has 4 heteroatoms. The van der Waals surface area contributed by atoms with Gasteiger partial charge in [0, 0.05) is 13.1 Å². The molecule has 1 aromatic rings. The predicted molar refractivity (Wildman–Crippen MR) is 87.6 cm³/mol. The summed E-state index contributed by atoms with van der Waals surface area (Å²) in [6.07, 6.45) is 3.77.